The van der Waals surface area contributed by atoms with E-state index in [4.69, 9.17) is 18.9 Å². The molecule has 0 aliphatic carbocycles. The number of fused-ring (bicyclic) bond motifs is 1. The fourth-order valence-corrected chi connectivity index (χ4v) is 4.30. The number of anilines is 1. The summed E-state index contributed by atoms with van der Waals surface area (Å²) in [6, 6.07) is 18.6. The van der Waals surface area contributed by atoms with Crippen LogP contribution in [0.25, 0.3) is 0 Å². The van der Waals surface area contributed by atoms with Crippen molar-refractivity contribution < 1.29 is 28.5 Å². The van der Waals surface area contributed by atoms with Crippen molar-refractivity contribution in [3.05, 3.63) is 77.4 Å². The van der Waals surface area contributed by atoms with E-state index in [1.54, 1.807) is 45.3 Å². The zero-order valence-corrected chi connectivity index (χ0v) is 21.6. The fraction of sp³-hybridized carbons (Fsp3) is 0.310. The lowest BCUT2D eigenvalue weighted by atomic mass is 10.1. The number of benzene rings is 3. The summed E-state index contributed by atoms with van der Waals surface area (Å²) in [7, 11) is 4.81. The van der Waals surface area contributed by atoms with Crippen LogP contribution in [0.2, 0.25) is 0 Å². The maximum Gasteiger partial charge on any atom is 0.263 e. The first kappa shape index (κ1) is 25.9. The zero-order valence-electron chi connectivity index (χ0n) is 21.6. The summed E-state index contributed by atoms with van der Waals surface area (Å²) < 4.78 is 21.8. The predicted molar refractivity (Wildman–Crippen MR) is 141 cm³/mol. The normalized spacial score (nSPS) is 14.8. The molecule has 3 aromatic rings. The predicted octanol–water partition coefficient (Wildman–Crippen LogP) is 4.25. The molecular formula is C29H32N2O6. The number of nitrogens with one attached hydrogen (secondary N) is 1. The standard InChI is InChI=1S/C29H32N2O6/c1-19-29(33)31(14-13-21-7-11-26(35-3)27(15-21)36-4)18-22-17-23(8-12-25(22)37-19)30-28(32)16-20-5-9-24(34-2)10-6-20/h5-12,15,17,19H,13-14,16,18H2,1-4H3,(H,30,32). The summed E-state index contributed by atoms with van der Waals surface area (Å²) in [5.41, 5.74) is 3.41. The summed E-state index contributed by atoms with van der Waals surface area (Å²) in [5.74, 6) is 2.49. The van der Waals surface area contributed by atoms with E-state index in [1.807, 2.05) is 48.5 Å². The number of carbonyl (C=O) groups is 2. The van der Waals surface area contributed by atoms with E-state index in [2.05, 4.69) is 5.32 Å². The van der Waals surface area contributed by atoms with Crippen LogP contribution in [0.5, 0.6) is 23.0 Å². The van der Waals surface area contributed by atoms with Gasteiger partial charge in [-0.3, -0.25) is 9.59 Å². The molecule has 194 valence electrons. The van der Waals surface area contributed by atoms with Crippen LogP contribution in [0.3, 0.4) is 0 Å². The Morgan fingerprint density at radius 2 is 1.68 bits per heavy atom. The number of carbonyl (C=O) groups excluding carboxylic acids is 2. The Hall–Kier alpha value is -4.20. The van der Waals surface area contributed by atoms with E-state index in [-0.39, 0.29) is 18.2 Å². The molecular weight excluding hydrogens is 472 g/mol. The van der Waals surface area contributed by atoms with Crippen molar-refractivity contribution in [3.8, 4) is 23.0 Å². The van der Waals surface area contributed by atoms with Gasteiger partial charge >= 0.3 is 0 Å². The van der Waals surface area contributed by atoms with Gasteiger partial charge in [0.25, 0.3) is 5.91 Å². The first-order valence-corrected chi connectivity index (χ1v) is 12.1. The molecule has 8 heteroatoms. The van der Waals surface area contributed by atoms with Gasteiger partial charge in [0.2, 0.25) is 5.91 Å². The molecule has 1 aliphatic rings. The lowest BCUT2D eigenvalue weighted by Gasteiger charge is -2.22. The van der Waals surface area contributed by atoms with Crippen LogP contribution < -0.4 is 24.3 Å². The lowest BCUT2D eigenvalue weighted by Crippen LogP contribution is -2.39. The van der Waals surface area contributed by atoms with Crippen molar-refractivity contribution in [3.63, 3.8) is 0 Å². The molecule has 0 radical (unpaired) electrons. The molecule has 1 aliphatic heterocycles. The highest BCUT2D eigenvalue weighted by Gasteiger charge is 2.28. The summed E-state index contributed by atoms with van der Waals surface area (Å²) >= 11 is 0. The van der Waals surface area contributed by atoms with E-state index in [9.17, 15) is 9.59 Å². The molecule has 0 spiro atoms. The second kappa shape index (κ2) is 11.7. The average Bonchev–Trinajstić information content (AvgIpc) is 3.03. The molecule has 37 heavy (non-hydrogen) atoms. The first-order chi connectivity index (χ1) is 17.9. The van der Waals surface area contributed by atoms with Gasteiger partial charge in [-0.2, -0.15) is 0 Å². The maximum absolute atomic E-state index is 13.0. The number of amides is 2. The van der Waals surface area contributed by atoms with Crippen LogP contribution >= 0.6 is 0 Å². The molecule has 1 heterocycles. The molecule has 0 fully saturated rings. The molecule has 1 atom stereocenters. The Morgan fingerprint density at radius 1 is 0.946 bits per heavy atom. The van der Waals surface area contributed by atoms with Crippen molar-refractivity contribution >= 4 is 17.5 Å². The highest BCUT2D eigenvalue weighted by atomic mass is 16.5. The van der Waals surface area contributed by atoms with Crippen molar-refractivity contribution in [2.75, 3.05) is 33.2 Å². The van der Waals surface area contributed by atoms with Crippen molar-refractivity contribution in [2.45, 2.75) is 32.4 Å². The molecule has 3 aromatic carbocycles. The maximum atomic E-state index is 13.0. The Kier molecular flexibility index (Phi) is 8.18. The molecule has 1 unspecified atom stereocenters. The van der Waals surface area contributed by atoms with Gasteiger partial charge in [0, 0.05) is 24.3 Å². The second-order valence-electron chi connectivity index (χ2n) is 8.85. The molecule has 2 amide bonds. The molecule has 4 rings (SSSR count). The van der Waals surface area contributed by atoms with Crippen LogP contribution in [0.15, 0.2) is 60.7 Å². The average molecular weight is 505 g/mol. The van der Waals surface area contributed by atoms with Gasteiger partial charge in [-0.15, -0.1) is 0 Å². The van der Waals surface area contributed by atoms with Gasteiger partial charge in [0.1, 0.15) is 11.5 Å². The third-order valence-corrected chi connectivity index (χ3v) is 6.31. The van der Waals surface area contributed by atoms with E-state index in [0.717, 1.165) is 22.4 Å². The minimum Gasteiger partial charge on any atom is -0.497 e. The Balaban J connectivity index is 1.44. The molecule has 0 saturated heterocycles. The Labute approximate surface area is 217 Å². The lowest BCUT2D eigenvalue weighted by molar-refractivity contribution is -0.137. The van der Waals surface area contributed by atoms with Crippen molar-refractivity contribution in [2.24, 2.45) is 0 Å². The quantitative estimate of drug-likeness (QED) is 0.469. The van der Waals surface area contributed by atoms with Gasteiger partial charge in [0.05, 0.1) is 27.8 Å². The molecule has 0 saturated carbocycles. The molecule has 8 nitrogen and oxygen atoms in total. The summed E-state index contributed by atoms with van der Waals surface area (Å²) in [6.45, 7) is 2.65. The number of rotatable bonds is 9. The second-order valence-corrected chi connectivity index (χ2v) is 8.85. The summed E-state index contributed by atoms with van der Waals surface area (Å²) in [6.07, 6.45) is 0.277. The van der Waals surface area contributed by atoms with Gasteiger partial charge < -0.3 is 29.2 Å². The van der Waals surface area contributed by atoms with E-state index >= 15 is 0 Å². The molecule has 0 bridgehead atoms. The minimum atomic E-state index is -0.609. The number of nitrogens with zero attached hydrogens (tertiary/aromatic N) is 1. The SMILES string of the molecule is COc1ccc(CC(=O)Nc2ccc3c(c2)CN(CCc2ccc(OC)c(OC)c2)C(=O)C(C)O3)cc1. The minimum absolute atomic E-state index is 0.0817. The zero-order chi connectivity index (χ0) is 26.4. The number of hydrogen-bond donors (Lipinski definition) is 1. The molecule has 0 aromatic heterocycles. The Morgan fingerprint density at radius 3 is 2.38 bits per heavy atom. The summed E-state index contributed by atoms with van der Waals surface area (Å²) in [5, 5.41) is 2.95. The van der Waals surface area contributed by atoms with Crippen molar-refractivity contribution in [1.82, 2.24) is 4.90 Å². The van der Waals surface area contributed by atoms with Gasteiger partial charge in [0.15, 0.2) is 17.6 Å². The van der Waals surface area contributed by atoms with E-state index < -0.39 is 6.10 Å². The van der Waals surface area contributed by atoms with Crippen LogP contribution in [-0.4, -0.2) is 50.7 Å². The van der Waals surface area contributed by atoms with Gasteiger partial charge in [-0.05, 0) is 66.9 Å². The fourth-order valence-electron chi connectivity index (χ4n) is 4.30. The van der Waals surface area contributed by atoms with Crippen molar-refractivity contribution in [1.29, 1.82) is 0 Å². The third kappa shape index (κ3) is 6.33. The van der Waals surface area contributed by atoms with Crippen LogP contribution in [0, 0.1) is 0 Å². The van der Waals surface area contributed by atoms with Crippen LogP contribution in [0.1, 0.15) is 23.6 Å². The smallest absolute Gasteiger partial charge is 0.263 e. The largest absolute Gasteiger partial charge is 0.497 e. The monoisotopic (exact) mass is 504 g/mol. The number of methoxy groups -OCH3 is 3. The van der Waals surface area contributed by atoms with Gasteiger partial charge in [-0.1, -0.05) is 18.2 Å². The van der Waals surface area contributed by atoms with E-state index in [0.29, 0.717) is 42.4 Å². The Bertz CT molecular complexity index is 1260. The van der Waals surface area contributed by atoms with E-state index in [1.165, 1.54) is 0 Å². The van der Waals surface area contributed by atoms with Crippen LogP contribution in [0.4, 0.5) is 5.69 Å². The third-order valence-electron chi connectivity index (χ3n) is 6.31. The summed E-state index contributed by atoms with van der Waals surface area (Å²) in [4.78, 5) is 27.5. The topological polar surface area (TPSA) is 86.3 Å². The highest BCUT2D eigenvalue weighted by Crippen LogP contribution is 2.30. The highest BCUT2D eigenvalue weighted by molar-refractivity contribution is 5.92. The number of ether oxygens (including phenoxy) is 4. The van der Waals surface area contributed by atoms with Gasteiger partial charge in [-0.25, -0.2) is 0 Å². The first-order valence-electron chi connectivity index (χ1n) is 12.1. The molecule has 1 N–H and O–H groups in total. The number of hydrogen-bond acceptors (Lipinski definition) is 6. The van der Waals surface area contributed by atoms with Crippen LogP contribution in [-0.2, 0) is 29.0 Å².